The van der Waals surface area contributed by atoms with Gasteiger partial charge in [0.05, 0.1) is 12.8 Å². The molecule has 1 aromatic heterocycles. The number of nitrogens with one attached hydrogen (secondary N) is 2. The number of rotatable bonds is 4. The molecule has 5 N–H and O–H groups in total. The van der Waals surface area contributed by atoms with E-state index in [0.29, 0.717) is 11.6 Å². The zero-order chi connectivity index (χ0) is 13.0. The van der Waals surface area contributed by atoms with Gasteiger partial charge in [-0.15, -0.1) is 0 Å². The van der Waals surface area contributed by atoms with Crippen LogP contribution < -0.4 is 11.1 Å². The number of H-pyrrole nitrogens is 1. The molecule has 1 unspecified atom stereocenters. The van der Waals surface area contributed by atoms with Crippen LogP contribution in [0.15, 0.2) is 36.5 Å². The van der Waals surface area contributed by atoms with Gasteiger partial charge in [0.25, 0.3) is 0 Å². The lowest BCUT2D eigenvalue weighted by Gasteiger charge is -2.07. The van der Waals surface area contributed by atoms with Gasteiger partial charge in [0.15, 0.2) is 0 Å². The van der Waals surface area contributed by atoms with E-state index in [2.05, 4.69) is 15.3 Å². The summed E-state index contributed by atoms with van der Waals surface area (Å²) in [5, 5.41) is 11.3. The van der Waals surface area contributed by atoms with E-state index >= 15 is 0 Å². The van der Waals surface area contributed by atoms with Gasteiger partial charge in [-0.05, 0) is 0 Å². The Morgan fingerprint density at radius 2 is 2.17 bits per heavy atom. The van der Waals surface area contributed by atoms with Crippen molar-refractivity contribution in [1.29, 1.82) is 0 Å². The first kappa shape index (κ1) is 12.3. The van der Waals surface area contributed by atoms with Gasteiger partial charge in [-0.3, -0.25) is 4.79 Å². The third kappa shape index (κ3) is 2.73. The van der Waals surface area contributed by atoms with Crippen LogP contribution in [0.4, 0.5) is 5.82 Å². The summed E-state index contributed by atoms with van der Waals surface area (Å²) in [7, 11) is 0. The molecule has 0 radical (unpaired) electrons. The number of anilines is 1. The Morgan fingerprint density at radius 1 is 1.44 bits per heavy atom. The van der Waals surface area contributed by atoms with Crippen molar-refractivity contribution in [1.82, 2.24) is 9.97 Å². The number of carbonyl (C=O) groups excluding carboxylic acids is 1. The molecule has 1 heterocycles. The summed E-state index contributed by atoms with van der Waals surface area (Å²) >= 11 is 0. The van der Waals surface area contributed by atoms with Crippen molar-refractivity contribution >= 4 is 11.7 Å². The largest absolute Gasteiger partial charge is 0.394 e. The molecule has 0 fully saturated rings. The highest BCUT2D eigenvalue weighted by Gasteiger charge is 2.13. The molecular weight excluding hydrogens is 232 g/mol. The molecule has 2 rings (SSSR count). The Bertz CT molecular complexity index is 524. The van der Waals surface area contributed by atoms with Crippen LogP contribution in [0.3, 0.4) is 0 Å². The summed E-state index contributed by atoms with van der Waals surface area (Å²) in [5.41, 5.74) is 6.31. The van der Waals surface area contributed by atoms with Gasteiger partial charge in [-0.1, -0.05) is 30.3 Å². The topological polar surface area (TPSA) is 104 Å². The Kier molecular flexibility index (Phi) is 3.71. The normalized spacial score (nSPS) is 12.1. The molecule has 0 saturated heterocycles. The molecule has 1 amide bonds. The molecule has 1 aromatic carbocycles. The number of nitrogens with zero attached hydrogens (tertiary/aromatic N) is 1. The summed E-state index contributed by atoms with van der Waals surface area (Å²) in [6, 6.07) is 8.59. The average Bonchev–Trinajstić information content (AvgIpc) is 2.87. The molecule has 94 valence electrons. The second-order valence-corrected chi connectivity index (χ2v) is 3.79. The predicted octanol–water partition coefficient (Wildman–Crippen LogP) is 0.335. The van der Waals surface area contributed by atoms with Gasteiger partial charge >= 0.3 is 0 Å². The molecule has 1 atom stereocenters. The molecule has 0 saturated carbocycles. The first-order valence-corrected chi connectivity index (χ1v) is 5.48. The number of carbonyl (C=O) groups is 1. The first-order valence-electron chi connectivity index (χ1n) is 5.48. The number of hydrogen-bond donors (Lipinski definition) is 4. The van der Waals surface area contributed by atoms with Gasteiger partial charge < -0.3 is 21.1 Å². The number of aliphatic hydroxyl groups excluding tert-OH is 1. The highest BCUT2D eigenvalue weighted by molar-refractivity contribution is 5.94. The monoisotopic (exact) mass is 246 g/mol. The maximum Gasteiger partial charge on any atom is 0.244 e. The van der Waals surface area contributed by atoms with E-state index in [1.165, 1.54) is 6.20 Å². The number of aliphatic hydroxyl groups is 1. The summed E-state index contributed by atoms with van der Waals surface area (Å²) in [6.45, 7) is -0.397. The molecular formula is C12H14N4O2. The van der Waals surface area contributed by atoms with Gasteiger partial charge in [0, 0.05) is 5.56 Å². The fourth-order valence-corrected chi connectivity index (χ4v) is 1.44. The van der Waals surface area contributed by atoms with E-state index in [1.54, 1.807) is 0 Å². The van der Waals surface area contributed by atoms with Crippen molar-refractivity contribution in [2.45, 2.75) is 6.04 Å². The molecule has 18 heavy (non-hydrogen) atoms. The number of amides is 1. The number of benzene rings is 1. The highest BCUT2D eigenvalue weighted by atomic mass is 16.3. The van der Waals surface area contributed by atoms with Crippen molar-refractivity contribution < 1.29 is 9.90 Å². The molecule has 0 bridgehead atoms. The number of imidazole rings is 1. The minimum absolute atomic E-state index is 0.397. The average molecular weight is 246 g/mol. The molecule has 0 spiro atoms. The number of aromatic amines is 1. The summed E-state index contributed by atoms with van der Waals surface area (Å²) in [6.07, 6.45) is 1.50. The van der Waals surface area contributed by atoms with Gasteiger partial charge in [0.1, 0.15) is 17.7 Å². The minimum Gasteiger partial charge on any atom is -0.394 e. The third-order valence-corrected chi connectivity index (χ3v) is 2.41. The van der Waals surface area contributed by atoms with Crippen LogP contribution in [0.2, 0.25) is 0 Å². The van der Waals surface area contributed by atoms with Crippen LogP contribution in [0.1, 0.15) is 0 Å². The van der Waals surface area contributed by atoms with E-state index in [1.807, 2.05) is 30.3 Å². The molecule has 0 aliphatic carbocycles. The maximum absolute atomic E-state index is 11.4. The Balaban J connectivity index is 2.10. The van der Waals surface area contributed by atoms with Crippen LogP contribution >= 0.6 is 0 Å². The maximum atomic E-state index is 11.4. The summed E-state index contributed by atoms with van der Waals surface area (Å²) < 4.78 is 0. The SMILES string of the molecule is NC(CO)C(=O)Nc1cnc(-c2ccccc2)[nH]1. The fraction of sp³-hybridized carbons (Fsp3) is 0.167. The lowest BCUT2D eigenvalue weighted by molar-refractivity contribution is -0.118. The standard InChI is InChI=1S/C12H14N4O2/c13-9(7-17)12(18)16-10-6-14-11(15-10)8-4-2-1-3-5-8/h1-6,9,17H,7,13H2,(H,14,15)(H,16,18). The zero-order valence-electron chi connectivity index (χ0n) is 9.63. The molecule has 0 aliphatic heterocycles. The van der Waals surface area contributed by atoms with Crippen LogP contribution in [-0.2, 0) is 4.79 Å². The quantitative estimate of drug-likeness (QED) is 0.624. The van der Waals surface area contributed by atoms with Crippen LogP contribution in [0.25, 0.3) is 11.4 Å². The summed E-state index contributed by atoms with van der Waals surface area (Å²) in [5.74, 6) is 0.645. The molecule has 0 aliphatic rings. The van der Waals surface area contributed by atoms with E-state index in [0.717, 1.165) is 5.56 Å². The summed E-state index contributed by atoms with van der Waals surface area (Å²) in [4.78, 5) is 18.6. The van der Waals surface area contributed by atoms with Crippen molar-refractivity contribution in [2.24, 2.45) is 5.73 Å². The van der Waals surface area contributed by atoms with E-state index in [9.17, 15) is 4.79 Å². The number of aromatic nitrogens is 2. The van der Waals surface area contributed by atoms with Crippen molar-refractivity contribution in [3.05, 3.63) is 36.5 Å². The fourth-order valence-electron chi connectivity index (χ4n) is 1.44. The second-order valence-electron chi connectivity index (χ2n) is 3.79. The Labute approximate surface area is 104 Å². The number of nitrogens with two attached hydrogens (primary N) is 1. The van der Waals surface area contributed by atoms with Crippen LogP contribution in [-0.4, -0.2) is 33.6 Å². The van der Waals surface area contributed by atoms with E-state index in [4.69, 9.17) is 10.8 Å². The Morgan fingerprint density at radius 3 is 2.83 bits per heavy atom. The van der Waals surface area contributed by atoms with E-state index in [-0.39, 0.29) is 0 Å². The minimum atomic E-state index is -0.937. The second kappa shape index (κ2) is 5.44. The lowest BCUT2D eigenvalue weighted by atomic mass is 10.2. The van der Waals surface area contributed by atoms with Crippen LogP contribution in [0.5, 0.6) is 0 Å². The zero-order valence-corrected chi connectivity index (χ0v) is 9.63. The molecule has 2 aromatic rings. The Hall–Kier alpha value is -2.18. The predicted molar refractivity (Wildman–Crippen MR) is 67.7 cm³/mol. The first-order chi connectivity index (χ1) is 8.70. The van der Waals surface area contributed by atoms with Crippen LogP contribution in [0, 0.1) is 0 Å². The molecule has 6 heteroatoms. The van der Waals surface area contributed by atoms with E-state index < -0.39 is 18.6 Å². The highest BCUT2D eigenvalue weighted by Crippen LogP contribution is 2.16. The number of hydrogen-bond acceptors (Lipinski definition) is 4. The van der Waals surface area contributed by atoms with Gasteiger partial charge in [-0.25, -0.2) is 4.98 Å². The van der Waals surface area contributed by atoms with Gasteiger partial charge in [-0.2, -0.15) is 0 Å². The lowest BCUT2D eigenvalue weighted by Crippen LogP contribution is -2.38. The smallest absolute Gasteiger partial charge is 0.244 e. The van der Waals surface area contributed by atoms with Crippen molar-refractivity contribution in [3.8, 4) is 11.4 Å². The van der Waals surface area contributed by atoms with Crippen molar-refractivity contribution in [2.75, 3.05) is 11.9 Å². The third-order valence-electron chi connectivity index (χ3n) is 2.41. The van der Waals surface area contributed by atoms with Gasteiger partial charge in [0.2, 0.25) is 5.91 Å². The molecule has 6 nitrogen and oxygen atoms in total. The van der Waals surface area contributed by atoms with Crippen molar-refractivity contribution in [3.63, 3.8) is 0 Å².